The van der Waals surface area contributed by atoms with Crippen molar-refractivity contribution in [2.75, 3.05) is 20.8 Å². The van der Waals surface area contributed by atoms with Crippen LogP contribution in [0.25, 0.3) is 0 Å². The van der Waals surface area contributed by atoms with E-state index in [-0.39, 0.29) is 6.04 Å². The summed E-state index contributed by atoms with van der Waals surface area (Å²) in [5.74, 6) is 1.47. The van der Waals surface area contributed by atoms with Crippen LogP contribution in [-0.4, -0.2) is 26.8 Å². The molecule has 3 N–H and O–H groups in total. The van der Waals surface area contributed by atoms with E-state index in [1.54, 1.807) is 14.2 Å². The summed E-state index contributed by atoms with van der Waals surface area (Å²) in [6.45, 7) is 4.86. The molecule has 102 valence electrons. The molecule has 2 atom stereocenters. The van der Waals surface area contributed by atoms with Crippen molar-refractivity contribution < 1.29 is 9.47 Å². The molecule has 4 nitrogen and oxygen atoms in total. The van der Waals surface area contributed by atoms with Crippen molar-refractivity contribution in [3.8, 4) is 11.5 Å². The first kappa shape index (κ1) is 14.8. The fraction of sp³-hybridized carbons (Fsp3) is 0.571. The molecule has 0 spiro atoms. The van der Waals surface area contributed by atoms with Crippen LogP contribution < -0.4 is 20.5 Å². The highest BCUT2D eigenvalue weighted by molar-refractivity contribution is 5.43. The van der Waals surface area contributed by atoms with E-state index in [1.807, 2.05) is 18.2 Å². The first-order valence-corrected chi connectivity index (χ1v) is 6.34. The van der Waals surface area contributed by atoms with Crippen LogP contribution in [0.5, 0.6) is 11.5 Å². The maximum absolute atomic E-state index is 5.84. The first-order valence-electron chi connectivity index (χ1n) is 6.34. The molecule has 4 heteroatoms. The van der Waals surface area contributed by atoms with Crippen molar-refractivity contribution >= 4 is 0 Å². The fourth-order valence-corrected chi connectivity index (χ4v) is 1.83. The largest absolute Gasteiger partial charge is 0.493 e. The van der Waals surface area contributed by atoms with Crippen molar-refractivity contribution in [2.45, 2.75) is 32.4 Å². The molecule has 0 radical (unpaired) electrons. The van der Waals surface area contributed by atoms with Crippen LogP contribution in [0.15, 0.2) is 18.2 Å². The normalized spacial score (nSPS) is 14.1. The van der Waals surface area contributed by atoms with Gasteiger partial charge in [0.2, 0.25) is 0 Å². The average Bonchev–Trinajstić information content (AvgIpc) is 2.43. The van der Waals surface area contributed by atoms with Crippen LogP contribution in [0.3, 0.4) is 0 Å². The molecule has 0 heterocycles. The van der Waals surface area contributed by atoms with Gasteiger partial charge in [0.15, 0.2) is 11.5 Å². The summed E-state index contributed by atoms with van der Waals surface area (Å²) in [5.41, 5.74) is 6.96. The Kier molecular flexibility index (Phi) is 5.95. The molecule has 0 amide bonds. The van der Waals surface area contributed by atoms with E-state index in [4.69, 9.17) is 15.2 Å². The molecule has 0 aliphatic heterocycles. The molecule has 2 unspecified atom stereocenters. The van der Waals surface area contributed by atoms with E-state index in [1.165, 1.54) is 0 Å². The van der Waals surface area contributed by atoms with Crippen molar-refractivity contribution in [2.24, 2.45) is 5.73 Å². The topological polar surface area (TPSA) is 56.5 Å². The number of nitrogens with one attached hydrogen (secondary N) is 1. The molecule has 18 heavy (non-hydrogen) atoms. The minimum atomic E-state index is 0.139. The highest BCUT2D eigenvalue weighted by atomic mass is 16.5. The molecule has 1 aromatic rings. The standard InChI is InChI=1S/C14H24N2O2/c1-5-10(2)16-12(9-15)11-6-7-13(17-3)14(8-11)18-4/h6-8,10,12,16H,5,9,15H2,1-4H3. The molecule has 1 rings (SSSR count). The Morgan fingerprint density at radius 1 is 1.22 bits per heavy atom. The SMILES string of the molecule is CCC(C)NC(CN)c1ccc(OC)c(OC)c1. The third kappa shape index (κ3) is 3.62. The van der Waals surface area contributed by atoms with Gasteiger partial charge in [-0.25, -0.2) is 0 Å². The zero-order valence-electron chi connectivity index (χ0n) is 11.7. The Balaban J connectivity index is 2.92. The van der Waals surface area contributed by atoms with Crippen molar-refractivity contribution in [1.29, 1.82) is 0 Å². The molecular formula is C14H24N2O2. The van der Waals surface area contributed by atoms with Crippen LogP contribution in [0.2, 0.25) is 0 Å². The van der Waals surface area contributed by atoms with E-state index >= 15 is 0 Å². The zero-order chi connectivity index (χ0) is 13.5. The lowest BCUT2D eigenvalue weighted by Gasteiger charge is -2.22. The highest BCUT2D eigenvalue weighted by Gasteiger charge is 2.14. The summed E-state index contributed by atoms with van der Waals surface area (Å²) in [5, 5.41) is 3.50. The van der Waals surface area contributed by atoms with Crippen molar-refractivity contribution in [3.63, 3.8) is 0 Å². The zero-order valence-corrected chi connectivity index (χ0v) is 11.7. The van der Waals surface area contributed by atoms with Gasteiger partial charge in [-0.2, -0.15) is 0 Å². The Bertz CT molecular complexity index is 369. The summed E-state index contributed by atoms with van der Waals surface area (Å²) in [7, 11) is 3.27. The smallest absolute Gasteiger partial charge is 0.161 e. The second-order valence-electron chi connectivity index (χ2n) is 4.38. The third-order valence-corrected chi connectivity index (χ3v) is 3.14. The van der Waals surface area contributed by atoms with E-state index in [0.717, 1.165) is 23.5 Å². The summed E-state index contributed by atoms with van der Waals surface area (Å²) in [6, 6.07) is 6.49. The van der Waals surface area contributed by atoms with Gasteiger partial charge in [-0.05, 0) is 31.0 Å². The van der Waals surface area contributed by atoms with Gasteiger partial charge in [-0.15, -0.1) is 0 Å². The number of hydrogen-bond acceptors (Lipinski definition) is 4. The lowest BCUT2D eigenvalue weighted by molar-refractivity contribution is 0.353. The molecule has 0 fully saturated rings. The van der Waals surface area contributed by atoms with Gasteiger partial charge in [0, 0.05) is 18.6 Å². The predicted octanol–water partition coefficient (Wildman–Crippen LogP) is 2.09. The molecule has 0 saturated heterocycles. The van der Waals surface area contributed by atoms with Gasteiger partial charge in [-0.1, -0.05) is 13.0 Å². The monoisotopic (exact) mass is 252 g/mol. The molecular weight excluding hydrogens is 228 g/mol. The van der Waals surface area contributed by atoms with E-state index in [0.29, 0.717) is 12.6 Å². The highest BCUT2D eigenvalue weighted by Crippen LogP contribution is 2.29. The molecule has 0 aromatic heterocycles. The van der Waals surface area contributed by atoms with E-state index < -0.39 is 0 Å². The lowest BCUT2D eigenvalue weighted by atomic mass is 10.0. The Hall–Kier alpha value is -1.26. The number of ether oxygens (including phenoxy) is 2. The average molecular weight is 252 g/mol. The van der Waals surface area contributed by atoms with Crippen LogP contribution >= 0.6 is 0 Å². The predicted molar refractivity (Wildman–Crippen MR) is 74.2 cm³/mol. The Morgan fingerprint density at radius 2 is 1.89 bits per heavy atom. The molecule has 0 aliphatic carbocycles. The van der Waals surface area contributed by atoms with E-state index in [9.17, 15) is 0 Å². The number of rotatable bonds is 7. The lowest BCUT2D eigenvalue weighted by Crippen LogP contribution is -2.34. The fourth-order valence-electron chi connectivity index (χ4n) is 1.83. The maximum atomic E-state index is 5.84. The second kappa shape index (κ2) is 7.24. The third-order valence-electron chi connectivity index (χ3n) is 3.14. The van der Waals surface area contributed by atoms with Gasteiger partial charge in [0.1, 0.15) is 0 Å². The Morgan fingerprint density at radius 3 is 2.39 bits per heavy atom. The quantitative estimate of drug-likeness (QED) is 0.780. The molecule has 0 bridgehead atoms. The molecule has 1 aromatic carbocycles. The van der Waals surface area contributed by atoms with Crippen LogP contribution in [0, 0.1) is 0 Å². The van der Waals surface area contributed by atoms with Crippen LogP contribution in [0.4, 0.5) is 0 Å². The summed E-state index contributed by atoms with van der Waals surface area (Å²) in [6.07, 6.45) is 1.07. The minimum Gasteiger partial charge on any atom is -0.493 e. The van der Waals surface area contributed by atoms with E-state index in [2.05, 4.69) is 19.2 Å². The summed E-state index contributed by atoms with van der Waals surface area (Å²) < 4.78 is 10.5. The summed E-state index contributed by atoms with van der Waals surface area (Å²) >= 11 is 0. The number of nitrogens with two attached hydrogens (primary N) is 1. The van der Waals surface area contributed by atoms with Gasteiger partial charge in [-0.3, -0.25) is 0 Å². The number of benzene rings is 1. The summed E-state index contributed by atoms with van der Waals surface area (Å²) in [4.78, 5) is 0. The molecule has 0 aliphatic rings. The number of methoxy groups -OCH3 is 2. The van der Waals surface area contributed by atoms with Crippen LogP contribution in [0.1, 0.15) is 31.9 Å². The van der Waals surface area contributed by atoms with Gasteiger partial charge >= 0.3 is 0 Å². The Labute approximate surface area is 109 Å². The second-order valence-corrected chi connectivity index (χ2v) is 4.38. The van der Waals surface area contributed by atoms with Gasteiger partial charge < -0.3 is 20.5 Å². The van der Waals surface area contributed by atoms with Gasteiger partial charge in [0.05, 0.1) is 14.2 Å². The van der Waals surface area contributed by atoms with Crippen LogP contribution in [-0.2, 0) is 0 Å². The maximum Gasteiger partial charge on any atom is 0.161 e. The minimum absolute atomic E-state index is 0.139. The van der Waals surface area contributed by atoms with Crippen molar-refractivity contribution in [3.05, 3.63) is 23.8 Å². The molecule has 0 saturated carbocycles. The first-order chi connectivity index (χ1) is 8.65. The van der Waals surface area contributed by atoms with Gasteiger partial charge in [0.25, 0.3) is 0 Å². The number of hydrogen-bond donors (Lipinski definition) is 2. The van der Waals surface area contributed by atoms with Crippen molar-refractivity contribution in [1.82, 2.24) is 5.32 Å².